The highest BCUT2D eigenvalue weighted by Gasteiger charge is 2.27. The zero-order valence-electron chi connectivity index (χ0n) is 16.5. The molecule has 0 spiro atoms. The molecular weight excluding hydrogens is 414 g/mol. The van der Waals surface area contributed by atoms with Crippen molar-refractivity contribution in [2.75, 3.05) is 19.6 Å². The molecule has 30 heavy (non-hydrogen) atoms. The van der Waals surface area contributed by atoms with E-state index >= 15 is 0 Å². The summed E-state index contributed by atoms with van der Waals surface area (Å²) in [6.07, 6.45) is 0.227. The molecule has 152 valence electrons. The maximum absolute atomic E-state index is 13.5. The standard InChI is InChI=1S/C24H21NO3S2/c1-2-25-13-18(14-25)28-17-8-5-15(6-9-17)23(27)22-19-10-7-16(26)12-21(19)30-24(22)20-4-3-11-29-20/h3-12,18,26H,2,13-14H2,1H3. The summed E-state index contributed by atoms with van der Waals surface area (Å²) in [4.78, 5) is 17.8. The van der Waals surface area contributed by atoms with Crippen molar-refractivity contribution in [2.45, 2.75) is 13.0 Å². The number of ketones is 1. The number of hydrogen-bond donors (Lipinski definition) is 1. The summed E-state index contributed by atoms with van der Waals surface area (Å²) < 4.78 is 6.91. The molecule has 4 aromatic rings. The van der Waals surface area contributed by atoms with Crippen molar-refractivity contribution in [1.29, 1.82) is 0 Å². The average Bonchev–Trinajstić information content (AvgIpc) is 3.37. The van der Waals surface area contributed by atoms with Crippen molar-refractivity contribution in [1.82, 2.24) is 4.90 Å². The second-order valence-corrected chi connectivity index (χ2v) is 9.41. The second-order valence-electron chi connectivity index (χ2n) is 7.41. The molecule has 0 saturated carbocycles. The van der Waals surface area contributed by atoms with Gasteiger partial charge in [0.2, 0.25) is 0 Å². The summed E-state index contributed by atoms with van der Waals surface area (Å²) in [5.74, 6) is 0.994. The normalized spacial score (nSPS) is 14.7. The number of ether oxygens (including phenoxy) is 1. The molecule has 0 amide bonds. The van der Waals surface area contributed by atoms with Gasteiger partial charge < -0.3 is 9.84 Å². The minimum atomic E-state index is -0.0114. The molecule has 1 aliphatic heterocycles. The van der Waals surface area contributed by atoms with Crippen LogP contribution < -0.4 is 4.74 Å². The van der Waals surface area contributed by atoms with E-state index in [2.05, 4.69) is 11.8 Å². The first-order valence-corrected chi connectivity index (χ1v) is 11.6. The number of likely N-dealkylation sites (tertiary alicyclic amines) is 1. The van der Waals surface area contributed by atoms with Crippen molar-refractivity contribution in [3.8, 4) is 21.3 Å². The van der Waals surface area contributed by atoms with E-state index in [-0.39, 0.29) is 17.6 Å². The van der Waals surface area contributed by atoms with Gasteiger partial charge in [-0.3, -0.25) is 9.69 Å². The Kier molecular flexibility index (Phi) is 5.06. The van der Waals surface area contributed by atoms with Crippen LogP contribution in [-0.2, 0) is 0 Å². The van der Waals surface area contributed by atoms with Crippen LogP contribution in [0.15, 0.2) is 60.0 Å². The highest BCUT2D eigenvalue weighted by Crippen LogP contribution is 2.42. The van der Waals surface area contributed by atoms with Gasteiger partial charge >= 0.3 is 0 Å². The number of thiophene rings is 2. The zero-order valence-corrected chi connectivity index (χ0v) is 18.1. The van der Waals surface area contributed by atoms with E-state index in [1.54, 1.807) is 34.8 Å². The molecule has 1 saturated heterocycles. The zero-order chi connectivity index (χ0) is 20.7. The van der Waals surface area contributed by atoms with E-state index < -0.39 is 0 Å². The molecular formula is C24H21NO3S2. The van der Waals surface area contributed by atoms with Crippen LogP contribution in [0.2, 0.25) is 0 Å². The molecule has 2 aromatic heterocycles. The van der Waals surface area contributed by atoms with E-state index in [1.165, 1.54) is 0 Å². The Morgan fingerprint density at radius 1 is 1.17 bits per heavy atom. The van der Waals surface area contributed by atoms with Crippen LogP contribution >= 0.6 is 22.7 Å². The third kappa shape index (κ3) is 3.51. The van der Waals surface area contributed by atoms with Gasteiger partial charge in [-0.2, -0.15) is 0 Å². The Hall–Kier alpha value is -2.67. The Labute approximate surface area is 183 Å². The predicted molar refractivity (Wildman–Crippen MR) is 123 cm³/mol. The Bertz CT molecular complexity index is 1190. The van der Waals surface area contributed by atoms with Crippen LogP contribution in [0.4, 0.5) is 0 Å². The van der Waals surface area contributed by atoms with Gasteiger partial charge in [0, 0.05) is 39.2 Å². The molecule has 6 heteroatoms. The van der Waals surface area contributed by atoms with Crippen LogP contribution in [0.25, 0.3) is 19.8 Å². The first kappa shape index (κ1) is 19.3. The minimum Gasteiger partial charge on any atom is -0.508 e. The lowest BCUT2D eigenvalue weighted by Gasteiger charge is -2.38. The lowest BCUT2D eigenvalue weighted by Crippen LogP contribution is -2.53. The lowest BCUT2D eigenvalue weighted by atomic mass is 9.99. The summed E-state index contributed by atoms with van der Waals surface area (Å²) in [6.45, 7) is 5.10. The Balaban J connectivity index is 1.46. The SMILES string of the molecule is CCN1CC(Oc2ccc(C(=O)c3c(-c4cccs4)sc4cc(O)ccc34)cc2)C1. The van der Waals surface area contributed by atoms with Gasteiger partial charge in [0.15, 0.2) is 5.78 Å². The summed E-state index contributed by atoms with van der Waals surface area (Å²) >= 11 is 3.16. The van der Waals surface area contributed by atoms with Gasteiger partial charge in [0.1, 0.15) is 17.6 Å². The van der Waals surface area contributed by atoms with E-state index in [0.29, 0.717) is 11.1 Å². The molecule has 4 nitrogen and oxygen atoms in total. The number of fused-ring (bicyclic) bond motifs is 1. The van der Waals surface area contributed by atoms with E-state index in [4.69, 9.17) is 4.74 Å². The fourth-order valence-electron chi connectivity index (χ4n) is 3.77. The van der Waals surface area contributed by atoms with E-state index in [9.17, 15) is 9.90 Å². The Morgan fingerprint density at radius 2 is 1.97 bits per heavy atom. The number of carbonyl (C=O) groups is 1. The van der Waals surface area contributed by atoms with Gasteiger partial charge in [-0.1, -0.05) is 13.0 Å². The van der Waals surface area contributed by atoms with Crippen LogP contribution in [-0.4, -0.2) is 41.5 Å². The first-order valence-electron chi connectivity index (χ1n) is 9.95. The molecule has 3 heterocycles. The highest BCUT2D eigenvalue weighted by atomic mass is 32.1. The highest BCUT2D eigenvalue weighted by molar-refractivity contribution is 7.26. The van der Waals surface area contributed by atoms with Crippen molar-refractivity contribution >= 4 is 38.5 Å². The van der Waals surface area contributed by atoms with Crippen molar-refractivity contribution in [3.05, 3.63) is 71.1 Å². The molecule has 0 atom stereocenters. The summed E-state index contributed by atoms with van der Waals surface area (Å²) in [6, 6.07) is 16.7. The fourth-order valence-corrected chi connectivity index (χ4v) is 5.86. The largest absolute Gasteiger partial charge is 0.508 e. The predicted octanol–water partition coefficient (Wildman–Crippen LogP) is 5.65. The first-order chi connectivity index (χ1) is 14.6. The van der Waals surface area contributed by atoms with Crippen LogP contribution in [0.1, 0.15) is 22.8 Å². The van der Waals surface area contributed by atoms with Crippen molar-refractivity contribution in [3.63, 3.8) is 0 Å². The van der Waals surface area contributed by atoms with E-state index in [1.807, 2.05) is 47.8 Å². The number of phenolic OH excluding ortho intramolecular Hbond substituents is 1. The fraction of sp³-hybridized carbons (Fsp3) is 0.208. The number of hydrogen-bond acceptors (Lipinski definition) is 6. The smallest absolute Gasteiger partial charge is 0.195 e. The molecule has 0 unspecified atom stereocenters. The Morgan fingerprint density at radius 3 is 2.67 bits per heavy atom. The number of benzene rings is 2. The number of nitrogens with zero attached hydrogens (tertiary/aromatic N) is 1. The van der Waals surface area contributed by atoms with Crippen LogP contribution in [0.5, 0.6) is 11.5 Å². The number of rotatable bonds is 6. The third-order valence-electron chi connectivity index (χ3n) is 5.44. The maximum Gasteiger partial charge on any atom is 0.195 e. The molecule has 1 fully saturated rings. The number of phenols is 1. The topological polar surface area (TPSA) is 49.8 Å². The number of aromatic hydroxyl groups is 1. The van der Waals surface area contributed by atoms with E-state index in [0.717, 1.165) is 45.2 Å². The quantitative estimate of drug-likeness (QED) is 0.398. The summed E-state index contributed by atoms with van der Waals surface area (Å²) in [5.41, 5.74) is 1.33. The van der Waals surface area contributed by atoms with Gasteiger partial charge in [-0.05, 0) is 60.5 Å². The molecule has 0 bridgehead atoms. The van der Waals surface area contributed by atoms with Crippen LogP contribution in [0, 0.1) is 0 Å². The van der Waals surface area contributed by atoms with Crippen LogP contribution in [0.3, 0.4) is 0 Å². The maximum atomic E-state index is 13.5. The molecule has 2 aromatic carbocycles. The molecule has 5 rings (SSSR count). The molecule has 0 aliphatic carbocycles. The number of likely N-dealkylation sites (N-methyl/N-ethyl adjacent to an activating group) is 1. The van der Waals surface area contributed by atoms with Gasteiger partial charge in [0.05, 0.1) is 4.88 Å². The summed E-state index contributed by atoms with van der Waals surface area (Å²) in [7, 11) is 0. The second kappa shape index (κ2) is 7.87. The summed E-state index contributed by atoms with van der Waals surface area (Å²) in [5, 5.41) is 12.8. The van der Waals surface area contributed by atoms with Crippen molar-refractivity contribution < 1.29 is 14.6 Å². The van der Waals surface area contributed by atoms with Gasteiger partial charge in [-0.15, -0.1) is 22.7 Å². The third-order valence-corrected chi connectivity index (χ3v) is 7.64. The van der Waals surface area contributed by atoms with Gasteiger partial charge in [-0.25, -0.2) is 0 Å². The molecule has 0 radical (unpaired) electrons. The minimum absolute atomic E-state index is 0.0114. The van der Waals surface area contributed by atoms with Crippen molar-refractivity contribution in [2.24, 2.45) is 0 Å². The average molecular weight is 436 g/mol. The molecule has 1 N–H and O–H groups in total. The van der Waals surface area contributed by atoms with Gasteiger partial charge in [0.25, 0.3) is 0 Å². The molecule has 1 aliphatic rings. The number of carbonyl (C=O) groups excluding carboxylic acids is 1. The lowest BCUT2D eigenvalue weighted by molar-refractivity contribution is 0.0238. The monoisotopic (exact) mass is 435 g/mol.